The average molecular weight is 322 g/mol. The van der Waals surface area contributed by atoms with Gasteiger partial charge in [-0.05, 0) is 19.1 Å². The summed E-state index contributed by atoms with van der Waals surface area (Å²) in [5, 5.41) is 1.23. The Morgan fingerprint density at radius 1 is 1.04 bits per heavy atom. The molecule has 5 heteroatoms. The molecule has 0 radical (unpaired) electrons. The number of hydrogen-bond acceptors (Lipinski definition) is 5. The molecule has 1 saturated heterocycles. The third-order valence-electron chi connectivity index (χ3n) is 4.71. The van der Waals surface area contributed by atoms with Gasteiger partial charge in [-0.2, -0.15) is 0 Å². The van der Waals surface area contributed by atoms with E-state index in [1.54, 1.807) is 0 Å². The summed E-state index contributed by atoms with van der Waals surface area (Å²) in [5.74, 6) is 1.69. The predicted octanol–water partition coefficient (Wildman–Crippen LogP) is 3.16. The highest BCUT2D eigenvalue weighted by atomic mass is 16.4. The molecule has 3 aromatic rings. The summed E-state index contributed by atoms with van der Waals surface area (Å²) >= 11 is 0. The van der Waals surface area contributed by atoms with E-state index in [1.165, 1.54) is 11.1 Å². The second-order valence-electron chi connectivity index (χ2n) is 6.35. The van der Waals surface area contributed by atoms with Gasteiger partial charge in [0.25, 0.3) is 0 Å². The van der Waals surface area contributed by atoms with E-state index in [1.807, 2.05) is 26.1 Å². The second kappa shape index (κ2) is 6.24. The van der Waals surface area contributed by atoms with Gasteiger partial charge in [-0.25, -0.2) is 4.98 Å². The Bertz CT molecular complexity index is 844. The van der Waals surface area contributed by atoms with E-state index in [0.717, 1.165) is 55.6 Å². The molecule has 0 saturated carbocycles. The smallest absolute Gasteiger partial charge is 0.191 e. The number of para-hydroxylation sites is 1. The van der Waals surface area contributed by atoms with Crippen LogP contribution in [0.5, 0.6) is 0 Å². The van der Waals surface area contributed by atoms with E-state index in [-0.39, 0.29) is 0 Å². The number of piperazine rings is 1. The van der Waals surface area contributed by atoms with Gasteiger partial charge in [-0.3, -0.25) is 9.88 Å². The maximum atomic E-state index is 5.54. The lowest BCUT2D eigenvalue weighted by atomic mass is 10.1. The molecule has 1 aliphatic heterocycles. The lowest BCUT2D eigenvalue weighted by molar-refractivity contribution is 0.246. The molecule has 1 aliphatic rings. The van der Waals surface area contributed by atoms with Crippen molar-refractivity contribution in [1.29, 1.82) is 0 Å². The molecule has 124 valence electrons. The highest BCUT2D eigenvalue weighted by Gasteiger charge is 2.20. The molecule has 0 spiro atoms. The summed E-state index contributed by atoms with van der Waals surface area (Å²) in [6, 6.07) is 10.5. The number of oxazole rings is 1. The first-order valence-corrected chi connectivity index (χ1v) is 8.44. The van der Waals surface area contributed by atoms with Crippen molar-refractivity contribution in [2.75, 3.05) is 31.1 Å². The van der Waals surface area contributed by atoms with E-state index in [9.17, 15) is 0 Å². The first-order chi connectivity index (χ1) is 11.7. The van der Waals surface area contributed by atoms with Crippen LogP contribution >= 0.6 is 0 Å². The first-order valence-electron chi connectivity index (χ1n) is 8.44. The Hall–Kier alpha value is -2.40. The molecule has 1 aromatic carbocycles. The van der Waals surface area contributed by atoms with Gasteiger partial charge < -0.3 is 9.32 Å². The summed E-state index contributed by atoms with van der Waals surface area (Å²) in [6.07, 6.45) is 1.91. The van der Waals surface area contributed by atoms with Crippen LogP contribution in [-0.2, 0) is 6.54 Å². The van der Waals surface area contributed by atoms with Gasteiger partial charge in [0.1, 0.15) is 5.76 Å². The number of aromatic nitrogens is 2. The number of anilines is 1. The van der Waals surface area contributed by atoms with Crippen molar-refractivity contribution in [2.45, 2.75) is 20.4 Å². The molecule has 4 rings (SSSR count). The third-order valence-corrected chi connectivity index (χ3v) is 4.71. The fourth-order valence-electron chi connectivity index (χ4n) is 3.43. The second-order valence-corrected chi connectivity index (χ2v) is 6.35. The van der Waals surface area contributed by atoms with Crippen LogP contribution in [0.15, 0.2) is 40.9 Å². The van der Waals surface area contributed by atoms with Gasteiger partial charge in [0.2, 0.25) is 0 Å². The number of aryl methyl sites for hydroxylation is 2. The number of rotatable bonds is 3. The van der Waals surface area contributed by atoms with Gasteiger partial charge in [0.15, 0.2) is 5.89 Å². The molecule has 0 N–H and O–H groups in total. The van der Waals surface area contributed by atoms with Gasteiger partial charge in [-0.15, -0.1) is 0 Å². The van der Waals surface area contributed by atoms with Gasteiger partial charge in [0, 0.05) is 56.9 Å². The van der Waals surface area contributed by atoms with Crippen molar-refractivity contribution in [3.05, 3.63) is 53.9 Å². The molecular weight excluding hydrogens is 300 g/mol. The zero-order chi connectivity index (χ0) is 16.5. The highest BCUT2D eigenvalue weighted by molar-refractivity contribution is 5.91. The van der Waals surface area contributed by atoms with Gasteiger partial charge in [-0.1, -0.05) is 18.2 Å². The Morgan fingerprint density at radius 3 is 2.58 bits per heavy atom. The summed E-state index contributed by atoms with van der Waals surface area (Å²) in [6.45, 7) is 8.86. The topological polar surface area (TPSA) is 45.4 Å². The van der Waals surface area contributed by atoms with Crippen LogP contribution in [0.1, 0.15) is 17.3 Å². The first kappa shape index (κ1) is 15.1. The van der Waals surface area contributed by atoms with E-state index in [4.69, 9.17) is 4.42 Å². The minimum Gasteiger partial charge on any atom is -0.446 e. The maximum absolute atomic E-state index is 5.54. The summed E-state index contributed by atoms with van der Waals surface area (Å²) < 4.78 is 5.54. The van der Waals surface area contributed by atoms with Crippen LogP contribution in [0.4, 0.5) is 5.69 Å². The standard InChI is InChI=1S/C19H22N4O/c1-14-18(21-15(2)24-14)13-22-9-11-23(12-10-22)19-7-8-20-17-6-4-3-5-16(17)19/h3-8H,9-13H2,1-2H3. The molecular formula is C19H22N4O. The fourth-order valence-corrected chi connectivity index (χ4v) is 3.43. The number of pyridine rings is 1. The minimum atomic E-state index is 0.754. The van der Waals surface area contributed by atoms with Crippen molar-refractivity contribution in [1.82, 2.24) is 14.9 Å². The lowest BCUT2D eigenvalue weighted by Crippen LogP contribution is -2.46. The Balaban J connectivity index is 1.47. The Labute approximate surface area is 141 Å². The molecule has 24 heavy (non-hydrogen) atoms. The van der Waals surface area contributed by atoms with Crippen LogP contribution < -0.4 is 4.90 Å². The monoisotopic (exact) mass is 322 g/mol. The predicted molar refractivity (Wildman–Crippen MR) is 95.2 cm³/mol. The largest absolute Gasteiger partial charge is 0.446 e. The van der Waals surface area contributed by atoms with Crippen molar-refractivity contribution in [3.63, 3.8) is 0 Å². The van der Waals surface area contributed by atoms with Crippen molar-refractivity contribution in [2.24, 2.45) is 0 Å². The number of fused-ring (bicyclic) bond motifs is 1. The molecule has 0 amide bonds. The third kappa shape index (κ3) is 2.87. The van der Waals surface area contributed by atoms with E-state index >= 15 is 0 Å². The number of hydrogen-bond donors (Lipinski definition) is 0. The van der Waals surface area contributed by atoms with Crippen LogP contribution in [0.2, 0.25) is 0 Å². The van der Waals surface area contributed by atoms with Crippen molar-refractivity contribution >= 4 is 16.6 Å². The Kier molecular flexibility index (Phi) is 3.94. The molecule has 0 atom stereocenters. The van der Waals surface area contributed by atoms with E-state index in [2.05, 4.69) is 44.0 Å². The SMILES string of the molecule is Cc1nc(CN2CCN(c3ccnc4ccccc34)CC2)c(C)o1. The Morgan fingerprint density at radius 2 is 1.83 bits per heavy atom. The fraction of sp³-hybridized carbons (Fsp3) is 0.368. The average Bonchev–Trinajstić information content (AvgIpc) is 2.92. The van der Waals surface area contributed by atoms with Gasteiger partial charge >= 0.3 is 0 Å². The maximum Gasteiger partial charge on any atom is 0.191 e. The van der Waals surface area contributed by atoms with Crippen LogP contribution in [0, 0.1) is 13.8 Å². The quantitative estimate of drug-likeness (QED) is 0.741. The van der Waals surface area contributed by atoms with E-state index in [0.29, 0.717) is 0 Å². The number of nitrogens with zero attached hydrogens (tertiary/aromatic N) is 4. The van der Waals surface area contributed by atoms with Gasteiger partial charge in [0.05, 0.1) is 11.2 Å². The van der Waals surface area contributed by atoms with Crippen LogP contribution in [0.25, 0.3) is 10.9 Å². The summed E-state index contributed by atoms with van der Waals surface area (Å²) in [5.41, 5.74) is 3.41. The molecule has 3 heterocycles. The molecule has 1 fully saturated rings. The minimum absolute atomic E-state index is 0.754. The number of benzene rings is 1. The van der Waals surface area contributed by atoms with Crippen LogP contribution in [-0.4, -0.2) is 41.0 Å². The molecule has 0 aliphatic carbocycles. The highest BCUT2D eigenvalue weighted by Crippen LogP contribution is 2.26. The molecule has 0 unspecified atom stereocenters. The summed E-state index contributed by atoms with van der Waals surface area (Å²) in [7, 11) is 0. The van der Waals surface area contributed by atoms with Crippen LogP contribution in [0.3, 0.4) is 0 Å². The van der Waals surface area contributed by atoms with Crippen molar-refractivity contribution in [3.8, 4) is 0 Å². The summed E-state index contributed by atoms with van der Waals surface area (Å²) in [4.78, 5) is 13.9. The lowest BCUT2D eigenvalue weighted by Gasteiger charge is -2.36. The molecule has 0 bridgehead atoms. The normalized spacial score (nSPS) is 16.0. The van der Waals surface area contributed by atoms with E-state index < -0.39 is 0 Å². The van der Waals surface area contributed by atoms with Crippen molar-refractivity contribution < 1.29 is 4.42 Å². The zero-order valence-electron chi connectivity index (χ0n) is 14.2. The molecule has 2 aromatic heterocycles. The zero-order valence-corrected chi connectivity index (χ0v) is 14.2. The molecule has 5 nitrogen and oxygen atoms in total.